The molecule has 1 aromatic carbocycles. The molecule has 0 fully saturated rings. The molecule has 168 valence electrons. The highest BCUT2D eigenvalue weighted by Crippen LogP contribution is 2.28. The summed E-state index contributed by atoms with van der Waals surface area (Å²) in [5.41, 5.74) is 1.23. The molecule has 3 N–H and O–H groups in total. The maximum atomic E-state index is 13.1. The van der Waals surface area contributed by atoms with Crippen molar-refractivity contribution in [3.8, 4) is 5.75 Å². The number of nitrogens with zero attached hydrogens (tertiary/aromatic N) is 5. The summed E-state index contributed by atoms with van der Waals surface area (Å²) in [5.74, 6) is 0.268. The fourth-order valence-electron chi connectivity index (χ4n) is 3.55. The average Bonchev–Trinajstić information content (AvgIpc) is 3.25. The lowest BCUT2D eigenvalue weighted by Gasteiger charge is -2.32. The van der Waals surface area contributed by atoms with Gasteiger partial charge in [-0.3, -0.25) is 9.59 Å². The second kappa shape index (κ2) is 10.3. The van der Waals surface area contributed by atoms with E-state index in [4.69, 9.17) is 4.74 Å². The van der Waals surface area contributed by atoms with Crippen molar-refractivity contribution < 1.29 is 19.4 Å². The number of aliphatic hydroxyl groups is 1. The van der Waals surface area contributed by atoms with E-state index in [9.17, 15) is 14.7 Å². The molecule has 1 aliphatic heterocycles. The molecule has 0 unspecified atom stereocenters. The lowest BCUT2D eigenvalue weighted by molar-refractivity contribution is -0.134. The summed E-state index contributed by atoms with van der Waals surface area (Å²) in [6.07, 6.45) is 1.30. The van der Waals surface area contributed by atoms with Gasteiger partial charge in [-0.2, -0.15) is 0 Å². The number of carbonyl (C=O) groups excluding carboxylic acids is 2. The normalized spacial score (nSPS) is 20.1. The van der Waals surface area contributed by atoms with Crippen molar-refractivity contribution in [3.63, 3.8) is 0 Å². The first-order chi connectivity index (χ1) is 14.9. The number of aliphatic hydroxyl groups excluding tert-OH is 1. The van der Waals surface area contributed by atoms with Crippen molar-refractivity contribution in [1.29, 1.82) is 0 Å². The van der Waals surface area contributed by atoms with E-state index in [0.29, 0.717) is 30.1 Å². The highest BCUT2D eigenvalue weighted by atomic mass is 16.5. The molecule has 1 aliphatic rings. The van der Waals surface area contributed by atoms with Crippen LogP contribution in [0.25, 0.3) is 0 Å². The first-order valence-corrected chi connectivity index (χ1v) is 10.3. The highest BCUT2D eigenvalue weighted by molar-refractivity contribution is 5.91. The average molecular weight is 431 g/mol. The van der Waals surface area contributed by atoms with Crippen LogP contribution in [-0.2, 0) is 22.6 Å². The molecule has 2 heterocycles. The van der Waals surface area contributed by atoms with Gasteiger partial charge in [0.25, 0.3) is 0 Å². The number of rotatable bonds is 7. The molecule has 0 saturated carbocycles. The van der Waals surface area contributed by atoms with Gasteiger partial charge in [-0.25, -0.2) is 4.68 Å². The summed E-state index contributed by atoms with van der Waals surface area (Å²) in [7, 11) is 1.85. The fourth-order valence-corrected chi connectivity index (χ4v) is 3.55. The molecule has 3 atom stereocenters. The van der Waals surface area contributed by atoms with Gasteiger partial charge in [0.1, 0.15) is 24.7 Å². The Balaban J connectivity index is 1.85. The second-order valence-corrected chi connectivity index (χ2v) is 7.82. The number of nitrogens with one attached hydrogen (secondary N) is 2. The number of amides is 2. The van der Waals surface area contributed by atoms with E-state index < -0.39 is 0 Å². The monoisotopic (exact) mass is 431 g/mol. The molecule has 0 radical (unpaired) electrons. The van der Waals surface area contributed by atoms with Crippen molar-refractivity contribution in [2.24, 2.45) is 5.92 Å². The Hall–Kier alpha value is -3.05. The van der Waals surface area contributed by atoms with Gasteiger partial charge in [-0.1, -0.05) is 6.92 Å². The zero-order chi connectivity index (χ0) is 22.4. The first-order valence-electron chi connectivity index (χ1n) is 10.3. The maximum Gasteiger partial charge on any atom is 0.246 e. The number of carbonyl (C=O) groups is 2. The summed E-state index contributed by atoms with van der Waals surface area (Å²) >= 11 is 0. The molecule has 31 heavy (non-hydrogen) atoms. The number of hydrogen-bond donors (Lipinski definition) is 3. The third-order valence-electron chi connectivity index (χ3n) is 5.30. The minimum Gasteiger partial charge on any atom is -0.488 e. The molecule has 0 saturated heterocycles. The van der Waals surface area contributed by atoms with E-state index in [0.717, 1.165) is 0 Å². The quantitative estimate of drug-likeness (QED) is 0.543. The Morgan fingerprint density at radius 3 is 2.90 bits per heavy atom. The van der Waals surface area contributed by atoms with Gasteiger partial charge in [0, 0.05) is 30.3 Å². The molecule has 1 aromatic heterocycles. The smallest absolute Gasteiger partial charge is 0.246 e. The topological polar surface area (TPSA) is 134 Å². The molecule has 2 amide bonds. The molecule has 2 aromatic rings. The van der Waals surface area contributed by atoms with Gasteiger partial charge in [0.15, 0.2) is 0 Å². The molecule has 0 bridgehead atoms. The molecule has 11 heteroatoms. The van der Waals surface area contributed by atoms with Crippen LogP contribution in [0.5, 0.6) is 5.75 Å². The number of hydrogen-bond acceptors (Lipinski definition) is 8. The van der Waals surface area contributed by atoms with Crippen LogP contribution in [0.3, 0.4) is 0 Å². The Bertz CT molecular complexity index is 890. The van der Waals surface area contributed by atoms with Crippen molar-refractivity contribution in [2.45, 2.75) is 39.0 Å². The third-order valence-corrected chi connectivity index (χ3v) is 5.30. The van der Waals surface area contributed by atoms with Crippen LogP contribution in [0, 0.1) is 5.92 Å². The third kappa shape index (κ3) is 5.76. The van der Waals surface area contributed by atoms with Gasteiger partial charge in [0.2, 0.25) is 11.8 Å². The van der Waals surface area contributed by atoms with E-state index >= 15 is 0 Å². The van der Waals surface area contributed by atoms with Crippen molar-refractivity contribution in [3.05, 3.63) is 30.1 Å². The summed E-state index contributed by atoms with van der Waals surface area (Å²) in [4.78, 5) is 27.1. The van der Waals surface area contributed by atoms with Crippen LogP contribution in [0.15, 0.2) is 24.5 Å². The van der Waals surface area contributed by atoms with Crippen LogP contribution in [0.1, 0.15) is 19.4 Å². The van der Waals surface area contributed by atoms with E-state index in [2.05, 4.69) is 26.2 Å². The van der Waals surface area contributed by atoms with Gasteiger partial charge in [-0.15, -0.1) is 5.10 Å². The van der Waals surface area contributed by atoms with Crippen LogP contribution < -0.4 is 15.4 Å². The Morgan fingerprint density at radius 1 is 1.42 bits per heavy atom. The van der Waals surface area contributed by atoms with Gasteiger partial charge < -0.3 is 25.4 Å². The SMILES string of the molecule is CNC[C@@H]1Oc2ccc(NC(=O)Cn3cnnn3)cc2CC(=O)N([C@@H](C)CO)C[C@H]1C. The van der Waals surface area contributed by atoms with Crippen molar-refractivity contribution in [1.82, 2.24) is 30.4 Å². The summed E-state index contributed by atoms with van der Waals surface area (Å²) < 4.78 is 7.59. The van der Waals surface area contributed by atoms with Crippen molar-refractivity contribution in [2.75, 3.05) is 32.1 Å². The molecule has 3 rings (SSSR count). The first kappa shape index (κ1) is 22.6. The largest absolute Gasteiger partial charge is 0.488 e. The summed E-state index contributed by atoms with van der Waals surface area (Å²) in [6, 6.07) is 4.97. The van der Waals surface area contributed by atoms with Crippen molar-refractivity contribution >= 4 is 17.5 Å². The number of ether oxygens (including phenoxy) is 1. The highest BCUT2D eigenvalue weighted by Gasteiger charge is 2.30. The van der Waals surface area contributed by atoms with E-state index in [-0.39, 0.29) is 49.5 Å². The lowest BCUT2D eigenvalue weighted by atomic mass is 10.0. The molecule has 11 nitrogen and oxygen atoms in total. The lowest BCUT2D eigenvalue weighted by Crippen LogP contribution is -2.47. The summed E-state index contributed by atoms with van der Waals surface area (Å²) in [5, 5.41) is 26.3. The second-order valence-electron chi connectivity index (χ2n) is 7.82. The van der Waals surface area contributed by atoms with Crippen LogP contribution in [-0.4, -0.2) is 80.9 Å². The predicted octanol–water partition coefficient (Wildman–Crippen LogP) is -0.320. The van der Waals surface area contributed by atoms with Crippen LogP contribution in [0.4, 0.5) is 5.69 Å². The molecule has 0 spiro atoms. The molecular weight excluding hydrogens is 402 g/mol. The van der Waals surface area contributed by atoms with E-state index in [1.165, 1.54) is 11.0 Å². The van der Waals surface area contributed by atoms with Gasteiger partial charge in [0.05, 0.1) is 19.1 Å². The fraction of sp³-hybridized carbons (Fsp3) is 0.550. The number of benzene rings is 1. The van der Waals surface area contributed by atoms with E-state index in [1.807, 2.05) is 20.9 Å². The van der Waals surface area contributed by atoms with Crippen LogP contribution in [0.2, 0.25) is 0 Å². The number of anilines is 1. The number of tetrazole rings is 1. The standard InChI is InChI=1S/C20H29N7O4/c1-13-9-27(14(2)11-28)20(30)7-15-6-16(4-5-17(15)31-18(13)8-21-3)23-19(29)10-26-12-22-24-25-26/h4-6,12-14,18,21,28H,7-11H2,1-3H3,(H,23,29)/t13-,14+,18+/m1/s1. The minimum atomic E-state index is -0.300. The van der Waals surface area contributed by atoms with Gasteiger partial charge >= 0.3 is 0 Å². The Morgan fingerprint density at radius 2 is 2.23 bits per heavy atom. The number of fused-ring (bicyclic) bond motifs is 1. The predicted molar refractivity (Wildman–Crippen MR) is 112 cm³/mol. The molecular formula is C20H29N7O4. The minimum absolute atomic E-state index is 0.0247. The van der Waals surface area contributed by atoms with E-state index in [1.54, 1.807) is 23.1 Å². The zero-order valence-electron chi connectivity index (χ0n) is 18.0. The van der Waals surface area contributed by atoms with Crippen LogP contribution >= 0.6 is 0 Å². The Labute approximate surface area is 180 Å². The zero-order valence-corrected chi connectivity index (χ0v) is 18.0. The Kier molecular flexibility index (Phi) is 7.53. The number of aromatic nitrogens is 4. The summed E-state index contributed by atoms with van der Waals surface area (Å²) in [6.45, 7) is 4.81. The maximum absolute atomic E-state index is 13.1. The van der Waals surface area contributed by atoms with Gasteiger partial charge in [-0.05, 0) is 42.6 Å². The molecule has 0 aliphatic carbocycles. The number of likely N-dealkylation sites (N-methyl/N-ethyl adjacent to an activating group) is 1.